The van der Waals surface area contributed by atoms with Gasteiger partial charge >= 0.3 is 0 Å². The van der Waals surface area contributed by atoms with Gasteiger partial charge in [0.15, 0.2) is 0 Å². The second-order valence-electron chi connectivity index (χ2n) is 6.91. The van der Waals surface area contributed by atoms with Crippen LogP contribution in [0, 0.1) is 5.92 Å². The van der Waals surface area contributed by atoms with E-state index in [0.717, 1.165) is 31.6 Å². The Hall–Kier alpha value is -0.160. The van der Waals surface area contributed by atoms with E-state index in [-0.39, 0.29) is 12.1 Å². The highest BCUT2D eigenvalue weighted by Gasteiger charge is 2.33. The molecule has 0 amide bonds. The number of hydrogen-bond donors (Lipinski definition) is 3. The van der Waals surface area contributed by atoms with E-state index in [0.29, 0.717) is 19.3 Å². The fourth-order valence-electron chi connectivity index (χ4n) is 3.61. The molecule has 20 heavy (non-hydrogen) atoms. The number of hydrogen-bond acceptors (Lipinski definition) is 4. The molecule has 0 spiro atoms. The largest absolute Gasteiger partial charge is 0.394 e. The van der Waals surface area contributed by atoms with Gasteiger partial charge in [-0.3, -0.25) is 0 Å². The van der Waals surface area contributed by atoms with E-state index < -0.39 is 6.10 Å². The molecule has 118 valence electrons. The molecule has 2 saturated carbocycles. The lowest BCUT2D eigenvalue weighted by Crippen LogP contribution is -2.49. The molecule has 3 N–H and O–H groups in total. The second kappa shape index (κ2) is 7.74. The number of ether oxygens (including phenoxy) is 1. The van der Waals surface area contributed by atoms with E-state index in [2.05, 4.69) is 12.2 Å². The fourth-order valence-corrected chi connectivity index (χ4v) is 3.61. The van der Waals surface area contributed by atoms with Crippen molar-refractivity contribution in [3.05, 3.63) is 0 Å². The summed E-state index contributed by atoms with van der Waals surface area (Å²) >= 11 is 0. The smallest absolute Gasteiger partial charge is 0.0898 e. The Balaban J connectivity index is 1.63. The quantitative estimate of drug-likeness (QED) is 0.668. The first kappa shape index (κ1) is 16.2. The molecule has 0 aromatic rings. The minimum atomic E-state index is -0.476. The summed E-state index contributed by atoms with van der Waals surface area (Å²) in [5.41, 5.74) is -0.152. The van der Waals surface area contributed by atoms with Crippen LogP contribution < -0.4 is 5.32 Å². The first-order valence-electron chi connectivity index (χ1n) is 8.29. The van der Waals surface area contributed by atoms with Gasteiger partial charge in [0.2, 0.25) is 0 Å². The third kappa shape index (κ3) is 4.69. The van der Waals surface area contributed by atoms with Gasteiger partial charge < -0.3 is 20.3 Å². The van der Waals surface area contributed by atoms with Crippen LogP contribution in [0.15, 0.2) is 0 Å². The van der Waals surface area contributed by atoms with Crippen LogP contribution in [-0.2, 0) is 4.74 Å². The molecule has 0 bridgehead atoms. The molecule has 3 atom stereocenters. The Kier molecular flexibility index (Phi) is 6.27. The van der Waals surface area contributed by atoms with E-state index in [9.17, 15) is 10.2 Å². The normalized spacial score (nSPS) is 31.4. The van der Waals surface area contributed by atoms with Gasteiger partial charge in [0.05, 0.1) is 25.4 Å². The summed E-state index contributed by atoms with van der Waals surface area (Å²) in [6.45, 7) is 3.37. The topological polar surface area (TPSA) is 61.7 Å². The van der Waals surface area contributed by atoms with Crippen LogP contribution in [0.1, 0.15) is 58.3 Å². The second-order valence-corrected chi connectivity index (χ2v) is 6.91. The standard InChI is InChI=1S/C16H31NO3/c1-13-5-4-6-15(9-13)20-11-14(19)10-17-16(12-18)7-2-3-8-16/h13-15,17-19H,2-12H2,1H3. The highest BCUT2D eigenvalue weighted by atomic mass is 16.5. The molecule has 2 aliphatic carbocycles. The average molecular weight is 285 g/mol. The summed E-state index contributed by atoms with van der Waals surface area (Å²) in [5.74, 6) is 0.750. The van der Waals surface area contributed by atoms with Gasteiger partial charge in [0.25, 0.3) is 0 Å². The van der Waals surface area contributed by atoms with Gasteiger partial charge in [0.1, 0.15) is 0 Å². The molecule has 4 heteroatoms. The Labute approximate surface area is 122 Å². The van der Waals surface area contributed by atoms with Gasteiger partial charge in [-0.1, -0.05) is 32.6 Å². The molecule has 0 heterocycles. The van der Waals surface area contributed by atoms with Crippen molar-refractivity contribution in [2.75, 3.05) is 19.8 Å². The van der Waals surface area contributed by atoms with Gasteiger partial charge in [-0.15, -0.1) is 0 Å². The summed E-state index contributed by atoms with van der Waals surface area (Å²) in [7, 11) is 0. The Morgan fingerprint density at radius 2 is 2.00 bits per heavy atom. The summed E-state index contributed by atoms with van der Waals surface area (Å²) in [6, 6.07) is 0. The Morgan fingerprint density at radius 3 is 2.65 bits per heavy atom. The number of aliphatic hydroxyl groups excluding tert-OH is 2. The molecule has 4 nitrogen and oxygen atoms in total. The molecular weight excluding hydrogens is 254 g/mol. The average Bonchev–Trinajstić information content (AvgIpc) is 2.92. The summed E-state index contributed by atoms with van der Waals surface area (Å²) in [5, 5.41) is 22.9. The van der Waals surface area contributed by atoms with E-state index >= 15 is 0 Å². The van der Waals surface area contributed by atoms with Crippen molar-refractivity contribution in [3.8, 4) is 0 Å². The number of aliphatic hydroxyl groups is 2. The van der Waals surface area contributed by atoms with Crippen LogP contribution in [0.4, 0.5) is 0 Å². The summed E-state index contributed by atoms with van der Waals surface area (Å²) in [4.78, 5) is 0. The van der Waals surface area contributed by atoms with Crippen LogP contribution >= 0.6 is 0 Å². The minimum absolute atomic E-state index is 0.152. The molecule has 0 radical (unpaired) electrons. The zero-order valence-corrected chi connectivity index (χ0v) is 12.8. The number of rotatable bonds is 7. The Morgan fingerprint density at radius 1 is 1.25 bits per heavy atom. The van der Waals surface area contributed by atoms with Gasteiger partial charge in [0, 0.05) is 12.1 Å². The lowest BCUT2D eigenvalue weighted by molar-refractivity contribution is -0.0332. The SMILES string of the molecule is CC1CCCC(OCC(O)CNC2(CO)CCCC2)C1. The first-order valence-corrected chi connectivity index (χ1v) is 8.29. The molecule has 0 aliphatic heterocycles. The van der Waals surface area contributed by atoms with E-state index in [4.69, 9.17) is 4.74 Å². The maximum atomic E-state index is 10.0. The molecule has 0 saturated heterocycles. The predicted molar refractivity (Wildman–Crippen MR) is 79.7 cm³/mol. The van der Waals surface area contributed by atoms with Crippen LogP contribution in [0.2, 0.25) is 0 Å². The van der Waals surface area contributed by atoms with Crippen LogP contribution in [-0.4, -0.2) is 47.7 Å². The minimum Gasteiger partial charge on any atom is -0.394 e. The van der Waals surface area contributed by atoms with Gasteiger partial charge in [-0.2, -0.15) is 0 Å². The maximum Gasteiger partial charge on any atom is 0.0898 e. The molecule has 2 fully saturated rings. The monoisotopic (exact) mass is 285 g/mol. The van der Waals surface area contributed by atoms with Crippen molar-refractivity contribution in [1.29, 1.82) is 0 Å². The molecule has 0 aromatic heterocycles. The Bertz CT molecular complexity index is 279. The number of nitrogens with one attached hydrogen (secondary N) is 1. The zero-order chi connectivity index (χ0) is 14.4. The van der Waals surface area contributed by atoms with Gasteiger partial charge in [-0.25, -0.2) is 0 Å². The molecule has 0 aromatic carbocycles. The van der Waals surface area contributed by atoms with Crippen LogP contribution in [0.3, 0.4) is 0 Å². The van der Waals surface area contributed by atoms with E-state index in [1.807, 2.05) is 0 Å². The van der Waals surface area contributed by atoms with Crippen molar-refractivity contribution in [2.45, 2.75) is 76.0 Å². The molecule has 3 unspecified atom stereocenters. The third-order valence-corrected chi connectivity index (χ3v) is 4.99. The van der Waals surface area contributed by atoms with E-state index in [1.165, 1.54) is 25.7 Å². The zero-order valence-electron chi connectivity index (χ0n) is 12.8. The summed E-state index contributed by atoms with van der Waals surface area (Å²) in [6.07, 6.45) is 9.01. The first-order chi connectivity index (χ1) is 9.63. The lowest BCUT2D eigenvalue weighted by Gasteiger charge is -2.30. The predicted octanol–water partition coefficient (Wildman–Crippen LogP) is 1.84. The highest BCUT2D eigenvalue weighted by molar-refractivity contribution is 4.92. The van der Waals surface area contributed by atoms with E-state index in [1.54, 1.807) is 0 Å². The van der Waals surface area contributed by atoms with Crippen molar-refractivity contribution in [2.24, 2.45) is 5.92 Å². The molecule has 2 aliphatic rings. The maximum absolute atomic E-state index is 10.0. The fraction of sp³-hybridized carbons (Fsp3) is 1.00. The van der Waals surface area contributed by atoms with Crippen molar-refractivity contribution < 1.29 is 14.9 Å². The lowest BCUT2D eigenvalue weighted by atomic mass is 9.89. The van der Waals surface area contributed by atoms with Crippen molar-refractivity contribution in [1.82, 2.24) is 5.32 Å². The molecule has 2 rings (SSSR count). The van der Waals surface area contributed by atoms with Crippen LogP contribution in [0.25, 0.3) is 0 Å². The summed E-state index contributed by atoms with van der Waals surface area (Å²) < 4.78 is 5.84. The number of β-amino-alcohol motifs (C(OH)–C–C–N with tert-alkyl or cyclic N) is 1. The van der Waals surface area contributed by atoms with Crippen LogP contribution in [0.5, 0.6) is 0 Å². The van der Waals surface area contributed by atoms with Gasteiger partial charge in [-0.05, 0) is 31.6 Å². The van der Waals surface area contributed by atoms with Crippen molar-refractivity contribution >= 4 is 0 Å². The molecular formula is C16H31NO3. The third-order valence-electron chi connectivity index (χ3n) is 4.99. The van der Waals surface area contributed by atoms with Crippen molar-refractivity contribution in [3.63, 3.8) is 0 Å². The highest BCUT2D eigenvalue weighted by Crippen LogP contribution is 2.29.